The number of benzene rings is 3. The summed E-state index contributed by atoms with van der Waals surface area (Å²) in [6, 6.07) is 20.9. The van der Waals surface area contributed by atoms with Crippen LogP contribution in [0.1, 0.15) is 47.8 Å². The van der Waals surface area contributed by atoms with Gasteiger partial charge in [-0.3, -0.25) is 10.1 Å². The topological polar surface area (TPSA) is 92.9 Å². The molecule has 2 aliphatic rings. The van der Waals surface area contributed by atoms with Crippen molar-refractivity contribution in [2.45, 2.75) is 31.8 Å². The van der Waals surface area contributed by atoms with Crippen LogP contribution < -0.4 is 30.7 Å². The van der Waals surface area contributed by atoms with Crippen LogP contribution >= 0.6 is 0 Å². The summed E-state index contributed by atoms with van der Waals surface area (Å²) in [5.41, 5.74) is 4.35. The molecule has 200 valence electrons. The van der Waals surface area contributed by atoms with Gasteiger partial charge in [0.25, 0.3) is 5.91 Å². The lowest BCUT2D eigenvalue weighted by molar-refractivity contribution is 0.0620. The highest BCUT2D eigenvalue weighted by atomic mass is 16.5. The van der Waals surface area contributed by atoms with Crippen molar-refractivity contribution in [2.75, 3.05) is 49.5 Å². The SMILES string of the molecule is COc1cc2c(cc1OCCCC1CCOCC1)NCNC2Nc1ccc(NC(=O)c2ccccc2)cc1. The number of ether oxygens (including phenoxy) is 3. The lowest BCUT2D eigenvalue weighted by atomic mass is 9.95. The smallest absolute Gasteiger partial charge is 0.255 e. The summed E-state index contributed by atoms with van der Waals surface area (Å²) in [6.07, 6.45) is 4.37. The van der Waals surface area contributed by atoms with E-state index in [0.717, 1.165) is 66.8 Å². The van der Waals surface area contributed by atoms with Gasteiger partial charge in [-0.15, -0.1) is 0 Å². The number of methoxy groups -OCH3 is 1. The number of carbonyl (C=O) groups is 1. The first-order valence-electron chi connectivity index (χ1n) is 13.3. The Bertz CT molecular complexity index is 1200. The maximum atomic E-state index is 12.4. The average Bonchev–Trinajstić information content (AvgIpc) is 2.97. The van der Waals surface area contributed by atoms with Gasteiger partial charge in [0.2, 0.25) is 0 Å². The minimum Gasteiger partial charge on any atom is -0.493 e. The fraction of sp³-hybridized carbons (Fsp3) is 0.367. The van der Waals surface area contributed by atoms with Gasteiger partial charge in [-0.2, -0.15) is 0 Å². The molecule has 0 spiro atoms. The van der Waals surface area contributed by atoms with E-state index in [1.54, 1.807) is 19.2 Å². The van der Waals surface area contributed by atoms with E-state index in [1.807, 2.05) is 54.6 Å². The van der Waals surface area contributed by atoms with Crippen molar-refractivity contribution in [3.05, 3.63) is 77.9 Å². The monoisotopic (exact) mass is 516 g/mol. The Kier molecular flexibility index (Phi) is 8.63. The third-order valence-corrected chi connectivity index (χ3v) is 7.08. The third-order valence-electron chi connectivity index (χ3n) is 7.08. The van der Waals surface area contributed by atoms with Crippen molar-refractivity contribution in [2.24, 2.45) is 5.92 Å². The Labute approximate surface area is 224 Å². The van der Waals surface area contributed by atoms with Crippen molar-refractivity contribution in [3.63, 3.8) is 0 Å². The molecule has 0 saturated carbocycles. The molecular formula is C30H36N4O4. The molecule has 0 aliphatic carbocycles. The predicted molar refractivity (Wildman–Crippen MR) is 150 cm³/mol. The fourth-order valence-electron chi connectivity index (χ4n) is 4.93. The van der Waals surface area contributed by atoms with Crippen LogP contribution in [0.25, 0.3) is 0 Å². The van der Waals surface area contributed by atoms with E-state index in [-0.39, 0.29) is 12.1 Å². The molecular weight excluding hydrogens is 480 g/mol. The summed E-state index contributed by atoms with van der Waals surface area (Å²) >= 11 is 0. The zero-order valence-electron chi connectivity index (χ0n) is 21.8. The van der Waals surface area contributed by atoms with Crippen LogP contribution in [0.4, 0.5) is 17.1 Å². The van der Waals surface area contributed by atoms with Crippen LogP contribution in [0.2, 0.25) is 0 Å². The summed E-state index contributed by atoms with van der Waals surface area (Å²) in [7, 11) is 1.67. The maximum absolute atomic E-state index is 12.4. The molecule has 3 aromatic carbocycles. The molecule has 2 heterocycles. The zero-order valence-corrected chi connectivity index (χ0v) is 21.8. The van der Waals surface area contributed by atoms with E-state index >= 15 is 0 Å². The van der Waals surface area contributed by atoms with Crippen molar-refractivity contribution < 1.29 is 19.0 Å². The number of carbonyl (C=O) groups excluding carboxylic acids is 1. The highest BCUT2D eigenvalue weighted by Gasteiger charge is 2.23. The van der Waals surface area contributed by atoms with Gasteiger partial charge < -0.3 is 30.2 Å². The summed E-state index contributed by atoms with van der Waals surface area (Å²) in [4.78, 5) is 12.4. The lowest BCUT2D eigenvalue weighted by Gasteiger charge is -2.30. The molecule has 8 nitrogen and oxygen atoms in total. The standard InChI is InChI=1S/C30H36N4O4/c1-36-27-18-25-26(19-28(27)38-15-5-6-21-13-16-37-17-14-21)31-20-32-29(25)33-23-9-11-24(12-10-23)34-30(35)22-7-3-2-4-8-22/h2-4,7-12,18-19,21,29,31-33H,5-6,13-17,20H2,1H3,(H,34,35). The van der Waals surface area contributed by atoms with Gasteiger partial charge in [0.15, 0.2) is 11.5 Å². The van der Waals surface area contributed by atoms with Gasteiger partial charge in [-0.25, -0.2) is 0 Å². The number of nitrogens with one attached hydrogen (secondary N) is 4. The minimum atomic E-state index is -0.131. The summed E-state index contributed by atoms with van der Waals surface area (Å²) in [5.74, 6) is 2.08. The van der Waals surface area contributed by atoms with E-state index in [0.29, 0.717) is 24.6 Å². The van der Waals surface area contributed by atoms with Crippen LogP contribution in [-0.4, -0.2) is 39.5 Å². The van der Waals surface area contributed by atoms with Crippen LogP contribution in [0.15, 0.2) is 66.7 Å². The van der Waals surface area contributed by atoms with E-state index < -0.39 is 0 Å². The number of hydrogen-bond donors (Lipinski definition) is 4. The first kappa shape index (κ1) is 25.9. The highest BCUT2D eigenvalue weighted by Crippen LogP contribution is 2.38. The van der Waals surface area contributed by atoms with Gasteiger partial charge >= 0.3 is 0 Å². The van der Waals surface area contributed by atoms with Gasteiger partial charge in [-0.1, -0.05) is 18.2 Å². The molecule has 1 atom stereocenters. The molecule has 38 heavy (non-hydrogen) atoms. The molecule has 1 amide bonds. The van der Waals surface area contributed by atoms with Gasteiger partial charge in [-0.05, 0) is 74.1 Å². The maximum Gasteiger partial charge on any atom is 0.255 e. The molecule has 5 rings (SSSR count). The molecule has 0 bridgehead atoms. The normalized spacial score (nSPS) is 17.1. The summed E-state index contributed by atoms with van der Waals surface area (Å²) in [5, 5.41) is 13.3. The Morgan fingerprint density at radius 2 is 1.76 bits per heavy atom. The first-order chi connectivity index (χ1) is 18.7. The van der Waals surface area contributed by atoms with Crippen molar-refractivity contribution in [1.82, 2.24) is 5.32 Å². The highest BCUT2D eigenvalue weighted by molar-refractivity contribution is 6.04. The van der Waals surface area contributed by atoms with Crippen molar-refractivity contribution >= 4 is 23.0 Å². The number of fused-ring (bicyclic) bond motifs is 1. The minimum absolute atomic E-state index is 0.118. The zero-order chi connectivity index (χ0) is 26.2. The second kappa shape index (κ2) is 12.7. The molecule has 4 N–H and O–H groups in total. The van der Waals surface area contributed by atoms with Crippen LogP contribution in [0, 0.1) is 5.92 Å². The largest absolute Gasteiger partial charge is 0.493 e. The van der Waals surface area contributed by atoms with E-state index in [2.05, 4.69) is 21.3 Å². The Morgan fingerprint density at radius 1 is 1.00 bits per heavy atom. The second-order valence-corrected chi connectivity index (χ2v) is 9.67. The molecule has 0 aromatic heterocycles. The van der Waals surface area contributed by atoms with E-state index in [4.69, 9.17) is 14.2 Å². The van der Waals surface area contributed by atoms with E-state index in [9.17, 15) is 4.79 Å². The average molecular weight is 517 g/mol. The molecule has 1 unspecified atom stereocenters. The predicted octanol–water partition coefficient (Wildman–Crippen LogP) is 5.62. The Morgan fingerprint density at radius 3 is 2.53 bits per heavy atom. The van der Waals surface area contributed by atoms with Crippen LogP contribution in [0.3, 0.4) is 0 Å². The quantitative estimate of drug-likeness (QED) is 0.260. The number of hydrogen-bond acceptors (Lipinski definition) is 7. The molecule has 3 aromatic rings. The van der Waals surface area contributed by atoms with E-state index in [1.165, 1.54) is 6.42 Å². The van der Waals surface area contributed by atoms with Crippen LogP contribution in [0.5, 0.6) is 11.5 Å². The number of anilines is 3. The van der Waals surface area contributed by atoms with Gasteiger partial charge in [0.05, 0.1) is 20.4 Å². The van der Waals surface area contributed by atoms with Gasteiger partial charge in [0.1, 0.15) is 6.17 Å². The number of amides is 1. The summed E-state index contributed by atoms with van der Waals surface area (Å²) in [6.45, 7) is 3.05. The second-order valence-electron chi connectivity index (χ2n) is 9.67. The van der Waals surface area contributed by atoms with Crippen molar-refractivity contribution in [3.8, 4) is 11.5 Å². The Hall–Kier alpha value is -3.75. The fourth-order valence-corrected chi connectivity index (χ4v) is 4.93. The van der Waals surface area contributed by atoms with Crippen LogP contribution in [-0.2, 0) is 4.74 Å². The van der Waals surface area contributed by atoms with Crippen molar-refractivity contribution in [1.29, 1.82) is 0 Å². The third kappa shape index (κ3) is 6.57. The molecule has 1 saturated heterocycles. The Balaban J connectivity index is 1.19. The summed E-state index contributed by atoms with van der Waals surface area (Å²) < 4.78 is 17.3. The molecule has 1 fully saturated rings. The van der Waals surface area contributed by atoms with Gasteiger partial charge in [0, 0.05) is 47.5 Å². The molecule has 0 radical (unpaired) electrons. The number of rotatable bonds is 10. The molecule has 2 aliphatic heterocycles. The molecule has 8 heteroatoms. The first-order valence-corrected chi connectivity index (χ1v) is 13.3. The lowest BCUT2D eigenvalue weighted by Crippen LogP contribution is -2.37.